The zero-order valence-electron chi connectivity index (χ0n) is 24.1. The molecular weight excluding hydrogens is 534 g/mol. The van der Waals surface area contributed by atoms with Gasteiger partial charge in [0, 0.05) is 36.8 Å². The molecule has 0 aromatic heterocycles. The van der Waals surface area contributed by atoms with Crippen molar-refractivity contribution in [2.24, 2.45) is 11.8 Å². The quantitative estimate of drug-likeness (QED) is 0.313. The van der Waals surface area contributed by atoms with Crippen LogP contribution in [0, 0.1) is 11.8 Å². The Balaban J connectivity index is 1.68. The van der Waals surface area contributed by atoms with Crippen molar-refractivity contribution in [3.63, 3.8) is 0 Å². The normalized spacial score (nSPS) is 21.7. The average Bonchev–Trinajstić information content (AvgIpc) is 2.97. The third-order valence-electron chi connectivity index (χ3n) is 7.66. The molecule has 1 saturated carbocycles. The van der Waals surface area contributed by atoms with Crippen molar-refractivity contribution in [1.82, 2.24) is 4.90 Å². The number of amides is 3. The van der Waals surface area contributed by atoms with E-state index in [1.807, 2.05) is 26.0 Å². The number of ketones is 1. The van der Waals surface area contributed by atoms with Crippen LogP contribution in [0.4, 0.5) is 11.4 Å². The van der Waals surface area contributed by atoms with Gasteiger partial charge in [0.25, 0.3) is 5.91 Å². The molecular formula is C33H37N3O6. The number of para-hydroxylation sites is 2. The highest BCUT2D eigenvalue weighted by molar-refractivity contribution is 6.10. The number of hydrogen-bond acceptors (Lipinski definition) is 6. The molecule has 0 spiro atoms. The molecule has 220 valence electrons. The summed E-state index contributed by atoms with van der Waals surface area (Å²) >= 11 is 0. The second-order valence-corrected chi connectivity index (χ2v) is 10.6. The number of aliphatic hydroxyl groups is 1. The van der Waals surface area contributed by atoms with E-state index in [0.717, 1.165) is 0 Å². The number of nitrogens with zero attached hydrogens (tertiary/aromatic N) is 1. The molecule has 0 heterocycles. The minimum atomic E-state index is -1.73. The molecule has 1 fully saturated rings. The minimum absolute atomic E-state index is 0.137. The number of hydrogen-bond donors (Lipinski definition) is 3. The van der Waals surface area contributed by atoms with Gasteiger partial charge in [-0.1, -0.05) is 48.5 Å². The van der Waals surface area contributed by atoms with E-state index in [9.17, 15) is 24.3 Å². The third-order valence-corrected chi connectivity index (χ3v) is 7.66. The van der Waals surface area contributed by atoms with Gasteiger partial charge in [-0.15, -0.1) is 0 Å². The van der Waals surface area contributed by atoms with E-state index in [4.69, 9.17) is 4.74 Å². The van der Waals surface area contributed by atoms with E-state index in [1.54, 1.807) is 77.7 Å². The van der Waals surface area contributed by atoms with Gasteiger partial charge in [0.1, 0.15) is 17.5 Å². The van der Waals surface area contributed by atoms with Crippen LogP contribution in [0.3, 0.4) is 0 Å². The lowest BCUT2D eigenvalue weighted by molar-refractivity contribution is -0.150. The average molecular weight is 572 g/mol. The Morgan fingerprint density at radius 2 is 1.38 bits per heavy atom. The highest BCUT2D eigenvalue weighted by Crippen LogP contribution is 2.47. The van der Waals surface area contributed by atoms with Gasteiger partial charge in [-0.2, -0.15) is 0 Å². The maximum absolute atomic E-state index is 13.8. The molecule has 4 unspecified atom stereocenters. The minimum Gasteiger partial charge on any atom is -0.484 e. The largest absolute Gasteiger partial charge is 0.484 e. The van der Waals surface area contributed by atoms with Crippen LogP contribution in [0.25, 0.3) is 0 Å². The fourth-order valence-electron chi connectivity index (χ4n) is 5.57. The lowest BCUT2D eigenvalue weighted by Crippen LogP contribution is -2.56. The van der Waals surface area contributed by atoms with Gasteiger partial charge < -0.3 is 25.4 Å². The number of ether oxygens (including phenoxy) is 1. The molecule has 9 heteroatoms. The molecule has 3 amide bonds. The number of carbonyl (C=O) groups is 4. The van der Waals surface area contributed by atoms with Gasteiger partial charge in [-0.05, 0) is 62.7 Å². The molecule has 0 aliphatic heterocycles. The third kappa shape index (κ3) is 7.03. The smallest absolute Gasteiger partial charge is 0.260 e. The van der Waals surface area contributed by atoms with Crippen molar-refractivity contribution >= 4 is 34.9 Å². The second kappa shape index (κ2) is 13.4. The number of rotatable bonds is 10. The van der Waals surface area contributed by atoms with Crippen molar-refractivity contribution in [2.75, 3.05) is 30.3 Å². The van der Waals surface area contributed by atoms with E-state index in [-0.39, 0.29) is 18.9 Å². The van der Waals surface area contributed by atoms with Gasteiger partial charge >= 0.3 is 0 Å². The van der Waals surface area contributed by atoms with Gasteiger partial charge in [0.05, 0.1) is 11.5 Å². The van der Waals surface area contributed by atoms with Crippen LogP contribution in [-0.2, 0) is 19.2 Å². The Hall–Kier alpha value is -4.50. The SMILES string of the molecule is CCN(CC)C(=O)COc1ccc(C2C(C(=O)Nc3ccccc3)C(=O)CC(C)(O)C2C(=O)Nc2ccccc2)cc1. The zero-order chi connectivity index (χ0) is 30.3. The molecule has 42 heavy (non-hydrogen) atoms. The molecule has 0 saturated heterocycles. The lowest BCUT2D eigenvalue weighted by Gasteiger charge is -2.44. The first-order chi connectivity index (χ1) is 20.1. The number of carbonyl (C=O) groups excluding carboxylic acids is 4. The van der Waals surface area contributed by atoms with Gasteiger partial charge in [0.15, 0.2) is 6.61 Å². The van der Waals surface area contributed by atoms with Gasteiger partial charge in [0.2, 0.25) is 11.8 Å². The first-order valence-corrected chi connectivity index (χ1v) is 14.1. The molecule has 3 aromatic carbocycles. The van der Waals surface area contributed by atoms with Crippen LogP contribution in [0.5, 0.6) is 5.75 Å². The zero-order valence-corrected chi connectivity index (χ0v) is 24.1. The van der Waals surface area contributed by atoms with Crippen LogP contribution in [-0.4, -0.2) is 58.8 Å². The van der Waals surface area contributed by atoms with Crippen molar-refractivity contribution in [1.29, 1.82) is 0 Å². The Morgan fingerprint density at radius 1 is 0.857 bits per heavy atom. The van der Waals surface area contributed by atoms with Gasteiger partial charge in [-0.25, -0.2) is 0 Å². The molecule has 1 aliphatic carbocycles. The first kappa shape index (κ1) is 30.5. The van der Waals surface area contributed by atoms with E-state index in [2.05, 4.69) is 10.6 Å². The number of anilines is 2. The highest BCUT2D eigenvalue weighted by atomic mass is 16.5. The van der Waals surface area contributed by atoms with E-state index < -0.39 is 41.0 Å². The lowest BCUT2D eigenvalue weighted by atomic mass is 9.61. The fourth-order valence-corrected chi connectivity index (χ4v) is 5.57. The summed E-state index contributed by atoms with van der Waals surface area (Å²) < 4.78 is 5.70. The summed E-state index contributed by atoms with van der Waals surface area (Å²) in [5.41, 5.74) is -0.179. The monoisotopic (exact) mass is 571 g/mol. The van der Waals surface area contributed by atoms with Crippen LogP contribution >= 0.6 is 0 Å². The predicted molar refractivity (Wildman–Crippen MR) is 160 cm³/mol. The molecule has 4 rings (SSSR count). The number of benzene rings is 3. The number of Topliss-reactive ketones (excluding diaryl/α,β-unsaturated/α-hetero) is 1. The molecule has 9 nitrogen and oxygen atoms in total. The predicted octanol–water partition coefficient (Wildman–Crippen LogP) is 4.25. The Bertz CT molecular complexity index is 1390. The van der Waals surface area contributed by atoms with Crippen molar-refractivity contribution in [2.45, 2.75) is 38.7 Å². The summed E-state index contributed by atoms with van der Waals surface area (Å²) in [6.45, 7) is 6.26. The standard InChI is InChI=1S/C33H37N3O6/c1-4-36(5-2)27(38)21-42-25-18-16-22(17-19-25)28-29(31(39)34-23-12-8-6-9-13-23)26(37)20-33(3,41)30(28)32(40)35-24-14-10-7-11-15-24/h6-19,28-30,41H,4-5,20-21H2,1-3H3,(H,34,39)(H,35,40). The van der Waals surface area contributed by atoms with Crippen molar-refractivity contribution < 1.29 is 29.0 Å². The fraction of sp³-hybridized carbons (Fsp3) is 0.333. The highest BCUT2D eigenvalue weighted by Gasteiger charge is 2.55. The topological polar surface area (TPSA) is 125 Å². The molecule has 0 bridgehead atoms. The Morgan fingerprint density at radius 3 is 1.90 bits per heavy atom. The van der Waals surface area contributed by atoms with Gasteiger partial charge in [-0.3, -0.25) is 19.2 Å². The molecule has 3 aromatic rings. The maximum atomic E-state index is 13.8. The second-order valence-electron chi connectivity index (χ2n) is 10.6. The Labute approximate surface area is 245 Å². The molecule has 3 N–H and O–H groups in total. The number of likely N-dealkylation sites (N-methyl/N-ethyl adjacent to an activating group) is 1. The number of nitrogens with one attached hydrogen (secondary N) is 2. The Kier molecular flexibility index (Phi) is 9.75. The first-order valence-electron chi connectivity index (χ1n) is 14.1. The van der Waals surface area contributed by atoms with Crippen LogP contribution in [0.15, 0.2) is 84.9 Å². The van der Waals surface area contributed by atoms with E-state index in [0.29, 0.717) is 35.8 Å². The summed E-state index contributed by atoms with van der Waals surface area (Å²) in [4.78, 5) is 55.0. The molecule has 4 atom stereocenters. The maximum Gasteiger partial charge on any atom is 0.260 e. The summed E-state index contributed by atoms with van der Waals surface area (Å²) in [6, 6.07) is 24.2. The van der Waals surface area contributed by atoms with Crippen LogP contribution in [0.2, 0.25) is 0 Å². The van der Waals surface area contributed by atoms with E-state index >= 15 is 0 Å². The van der Waals surface area contributed by atoms with Crippen LogP contribution < -0.4 is 15.4 Å². The molecule has 1 aliphatic rings. The van der Waals surface area contributed by atoms with Crippen LogP contribution in [0.1, 0.15) is 38.7 Å². The molecule has 0 radical (unpaired) electrons. The summed E-state index contributed by atoms with van der Waals surface area (Å²) in [6.07, 6.45) is -0.363. The summed E-state index contributed by atoms with van der Waals surface area (Å²) in [5, 5.41) is 17.1. The van der Waals surface area contributed by atoms with Crippen molar-refractivity contribution in [3.05, 3.63) is 90.5 Å². The van der Waals surface area contributed by atoms with Crippen molar-refractivity contribution in [3.8, 4) is 5.75 Å². The summed E-state index contributed by atoms with van der Waals surface area (Å²) in [5.74, 6) is -4.63. The van der Waals surface area contributed by atoms with E-state index in [1.165, 1.54) is 6.92 Å². The summed E-state index contributed by atoms with van der Waals surface area (Å²) in [7, 11) is 0.